The number of aromatic nitrogens is 4. The number of thiophene rings is 1. The summed E-state index contributed by atoms with van der Waals surface area (Å²) in [6.07, 6.45) is 0. The van der Waals surface area contributed by atoms with Crippen molar-refractivity contribution in [3.8, 4) is 51.0 Å². The van der Waals surface area contributed by atoms with E-state index in [9.17, 15) is 0 Å². The van der Waals surface area contributed by atoms with Gasteiger partial charge in [0.2, 0.25) is 0 Å². The molecule has 0 saturated carbocycles. The Kier molecular flexibility index (Phi) is 7.03. The van der Waals surface area contributed by atoms with E-state index < -0.39 is 0 Å². The second kappa shape index (κ2) is 12.6. The second-order valence-electron chi connectivity index (χ2n) is 14.4. The van der Waals surface area contributed by atoms with Crippen LogP contribution in [-0.4, -0.2) is 19.5 Å². The molecule has 0 saturated heterocycles. The van der Waals surface area contributed by atoms with Crippen molar-refractivity contribution in [1.82, 2.24) is 19.5 Å². The molecule has 0 amide bonds. The molecule has 0 atom stereocenters. The Morgan fingerprint density at radius 2 is 0.930 bits per heavy atom. The normalized spacial score (nSPS) is 11.9. The zero-order chi connectivity index (χ0) is 37.5. The summed E-state index contributed by atoms with van der Waals surface area (Å²) in [5, 5.41) is 7.10. The van der Waals surface area contributed by atoms with Crippen molar-refractivity contribution in [2.45, 2.75) is 0 Å². The molecule has 0 spiro atoms. The molecule has 4 aromatic heterocycles. The Bertz CT molecular complexity index is 3530. The van der Waals surface area contributed by atoms with E-state index in [1.807, 2.05) is 30.3 Å². The van der Waals surface area contributed by atoms with Crippen LogP contribution >= 0.6 is 11.3 Å². The fraction of sp³-hybridized carbons (Fsp3) is 0. The first-order valence-corrected chi connectivity index (χ1v) is 19.8. The first-order valence-electron chi connectivity index (χ1n) is 19.0. The van der Waals surface area contributed by atoms with E-state index in [2.05, 4.69) is 156 Å². The standard InChI is InChI=1S/C51H30N4OS/c1-3-11-31(12-4-1)49-52-50(54-51(53-49)35-21-25-41-40-16-8-10-18-47(40)57-48(41)30-35)34-20-24-39-42-27-32(22-26-45(42)56-46(39)29-34)33-19-23-38-37-15-7-9-17-43(37)55(44(38)28-33)36-13-5-2-6-14-36/h1-30H. The molecule has 0 fully saturated rings. The van der Waals surface area contributed by atoms with Crippen molar-refractivity contribution in [2.24, 2.45) is 0 Å². The van der Waals surface area contributed by atoms with Crippen molar-refractivity contribution in [3.05, 3.63) is 182 Å². The highest BCUT2D eigenvalue weighted by atomic mass is 32.1. The minimum absolute atomic E-state index is 0.598. The van der Waals surface area contributed by atoms with Gasteiger partial charge >= 0.3 is 0 Å². The Balaban J connectivity index is 0.966. The van der Waals surface area contributed by atoms with Gasteiger partial charge in [0.1, 0.15) is 11.2 Å². The molecule has 4 heterocycles. The maximum Gasteiger partial charge on any atom is 0.164 e. The van der Waals surface area contributed by atoms with Crippen molar-refractivity contribution >= 4 is 75.3 Å². The van der Waals surface area contributed by atoms with Crippen LogP contribution in [0, 0.1) is 0 Å². The molecule has 12 aromatic rings. The molecular weight excluding hydrogens is 717 g/mol. The summed E-state index contributed by atoms with van der Waals surface area (Å²) >= 11 is 1.79. The van der Waals surface area contributed by atoms with Crippen molar-refractivity contribution in [2.75, 3.05) is 0 Å². The van der Waals surface area contributed by atoms with Gasteiger partial charge in [0.05, 0.1) is 11.0 Å². The van der Waals surface area contributed by atoms with E-state index in [4.69, 9.17) is 19.4 Å². The summed E-state index contributed by atoms with van der Waals surface area (Å²) in [5.74, 6) is 1.86. The number of nitrogens with zero attached hydrogens (tertiary/aromatic N) is 4. The first kappa shape index (κ1) is 31.9. The van der Waals surface area contributed by atoms with Crippen LogP contribution in [0.1, 0.15) is 0 Å². The summed E-state index contributed by atoms with van der Waals surface area (Å²) in [4.78, 5) is 15.1. The van der Waals surface area contributed by atoms with Crippen LogP contribution in [0.3, 0.4) is 0 Å². The zero-order valence-electron chi connectivity index (χ0n) is 30.4. The largest absolute Gasteiger partial charge is 0.456 e. The number of benzene rings is 8. The maximum absolute atomic E-state index is 6.53. The Hall–Kier alpha value is -7.41. The van der Waals surface area contributed by atoms with Gasteiger partial charge in [-0.3, -0.25) is 0 Å². The SMILES string of the molecule is c1ccc(-c2nc(-c3ccc4c(c3)oc3ccc(-c5ccc6c7ccccc7n(-c7ccccc7)c6c5)cc34)nc(-c3ccc4c(c3)sc3ccccc34)n2)cc1. The van der Waals surface area contributed by atoms with Gasteiger partial charge in [-0.1, -0.05) is 121 Å². The highest BCUT2D eigenvalue weighted by Gasteiger charge is 2.18. The summed E-state index contributed by atoms with van der Waals surface area (Å²) in [6, 6.07) is 63.9. The molecule has 0 aliphatic carbocycles. The summed E-state index contributed by atoms with van der Waals surface area (Å²) in [6.45, 7) is 0. The Morgan fingerprint density at radius 1 is 0.351 bits per heavy atom. The van der Waals surface area contributed by atoms with Crippen molar-refractivity contribution in [3.63, 3.8) is 0 Å². The average molecular weight is 747 g/mol. The van der Waals surface area contributed by atoms with E-state index in [-0.39, 0.29) is 0 Å². The third-order valence-corrected chi connectivity index (χ3v) is 12.2. The molecule has 266 valence electrons. The van der Waals surface area contributed by atoms with E-state index in [0.717, 1.165) is 55.4 Å². The van der Waals surface area contributed by atoms with E-state index in [1.54, 1.807) is 11.3 Å². The number of para-hydroxylation sites is 2. The molecule has 5 nitrogen and oxygen atoms in total. The molecule has 8 aromatic carbocycles. The topological polar surface area (TPSA) is 56.7 Å². The number of furan rings is 1. The van der Waals surface area contributed by atoms with Crippen LogP contribution in [0.15, 0.2) is 186 Å². The monoisotopic (exact) mass is 746 g/mol. The van der Waals surface area contributed by atoms with Crippen LogP contribution < -0.4 is 0 Å². The fourth-order valence-corrected chi connectivity index (χ4v) is 9.46. The number of hydrogen-bond acceptors (Lipinski definition) is 5. The lowest BCUT2D eigenvalue weighted by molar-refractivity contribution is 0.669. The van der Waals surface area contributed by atoms with Crippen LogP contribution in [0.5, 0.6) is 0 Å². The number of rotatable bonds is 5. The highest BCUT2D eigenvalue weighted by Crippen LogP contribution is 2.39. The molecule has 6 heteroatoms. The van der Waals surface area contributed by atoms with Gasteiger partial charge in [-0.15, -0.1) is 11.3 Å². The minimum Gasteiger partial charge on any atom is -0.456 e. The Morgan fingerprint density at radius 3 is 1.75 bits per heavy atom. The third-order valence-electron chi connectivity index (χ3n) is 11.1. The predicted octanol–water partition coefficient (Wildman–Crippen LogP) is 13.9. The van der Waals surface area contributed by atoms with E-state index in [0.29, 0.717) is 17.5 Å². The quantitative estimate of drug-likeness (QED) is 0.176. The molecule has 12 rings (SSSR count). The molecule has 0 aliphatic rings. The fourth-order valence-electron chi connectivity index (χ4n) is 8.32. The van der Waals surface area contributed by atoms with Crippen LogP contribution in [-0.2, 0) is 0 Å². The second-order valence-corrected chi connectivity index (χ2v) is 15.5. The summed E-state index contributed by atoms with van der Waals surface area (Å²) in [5.41, 5.74) is 10.2. The minimum atomic E-state index is 0.598. The molecule has 0 aliphatic heterocycles. The van der Waals surface area contributed by atoms with Gasteiger partial charge < -0.3 is 8.98 Å². The summed E-state index contributed by atoms with van der Waals surface area (Å²) < 4.78 is 11.4. The number of fused-ring (bicyclic) bond motifs is 9. The van der Waals surface area contributed by atoms with Crippen molar-refractivity contribution < 1.29 is 4.42 Å². The van der Waals surface area contributed by atoms with Crippen LogP contribution in [0.25, 0.3) is 115 Å². The molecule has 0 unspecified atom stereocenters. The van der Waals surface area contributed by atoms with E-state index in [1.165, 1.54) is 42.0 Å². The van der Waals surface area contributed by atoms with Gasteiger partial charge in [0.15, 0.2) is 17.5 Å². The number of hydrogen-bond donors (Lipinski definition) is 0. The molecular formula is C51H30N4OS. The van der Waals surface area contributed by atoms with Gasteiger partial charge in [0.25, 0.3) is 0 Å². The van der Waals surface area contributed by atoms with Crippen LogP contribution in [0.4, 0.5) is 0 Å². The lowest BCUT2D eigenvalue weighted by atomic mass is 10.0. The maximum atomic E-state index is 6.53. The summed E-state index contributed by atoms with van der Waals surface area (Å²) in [7, 11) is 0. The zero-order valence-corrected chi connectivity index (χ0v) is 31.2. The molecule has 0 bridgehead atoms. The molecule has 57 heavy (non-hydrogen) atoms. The van der Waals surface area contributed by atoms with Gasteiger partial charge in [-0.2, -0.15) is 0 Å². The molecule has 0 N–H and O–H groups in total. The van der Waals surface area contributed by atoms with Gasteiger partial charge in [-0.05, 0) is 71.8 Å². The van der Waals surface area contributed by atoms with Crippen molar-refractivity contribution in [1.29, 1.82) is 0 Å². The average Bonchev–Trinajstić information content (AvgIpc) is 3.95. The van der Waals surface area contributed by atoms with Gasteiger partial charge in [0, 0.05) is 64.1 Å². The molecule has 0 radical (unpaired) electrons. The van der Waals surface area contributed by atoms with Crippen LogP contribution in [0.2, 0.25) is 0 Å². The lowest BCUT2D eigenvalue weighted by Crippen LogP contribution is -2.00. The third kappa shape index (κ3) is 5.19. The first-order chi connectivity index (χ1) is 28.2. The smallest absolute Gasteiger partial charge is 0.164 e. The Labute approximate surface area is 330 Å². The lowest BCUT2D eigenvalue weighted by Gasteiger charge is -2.09. The van der Waals surface area contributed by atoms with E-state index >= 15 is 0 Å². The van der Waals surface area contributed by atoms with Gasteiger partial charge in [-0.25, -0.2) is 15.0 Å². The predicted molar refractivity (Wildman–Crippen MR) is 236 cm³/mol. The highest BCUT2D eigenvalue weighted by molar-refractivity contribution is 7.25.